The van der Waals surface area contributed by atoms with Crippen molar-refractivity contribution in [2.45, 2.75) is 13.0 Å². The van der Waals surface area contributed by atoms with Gasteiger partial charge in [0.15, 0.2) is 0 Å². The highest BCUT2D eigenvalue weighted by molar-refractivity contribution is 5.87. The Hall–Kier alpha value is -1.68. The SMILES string of the molecule is C=CCCNCc1ccc(C(=O)O)c(F)c1. The average molecular weight is 223 g/mol. The van der Waals surface area contributed by atoms with Crippen LogP contribution >= 0.6 is 0 Å². The molecule has 2 N–H and O–H groups in total. The van der Waals surface area contributed by atoms with Gasteiger partial charge in [-0.05, 0) is 30.7 Å². The molecule has 0 spiro atoms. The maximum Gasteiger partial charge on any atom is 0.338 e. The van der Waals surface area contributed by atoms with Gasteiger partial charge in [-0.2, -0.15) is 0 Å². The molecule has 0 radical (unpaired) electrons. The molecular weight excluding hydrogens is 209 g/mol. The summed E-state index contributed by atoms with van der Waals surface area (Å²) >= 11 is 0. The van der Waals surface area contributed by atoms with E-state index in [2.05, 4.69) is 11.9 Å². The molecule has 0 aromatic heterocycles. The molecule has 86 valence electrons. The van der Waals surface area contributed by atoms with E-state index in [0.29, 0.717) is 6.54 Å². The van der Waals surface area contributed by atoms with Gasteiger partial charge in [0.05, 0.1) is 5.56 Å². The molecule has 0 aliphatic rings. The lowest BCUT2D eigenvalue weighted by Crippen LogP contribution is -2.14. The highest BCUT2D eigenvalue weighted by Gasteiger charge is 2.09. The number of rotatable bonds is 6. The minimum absolute atomic E-state index is 0.296. The van der Waals surface area contributed by atoms with Crippen LogP contribution in [-0.4, -0.2) is 17.6 Å². The van der Waals surface area contributed by atoms with E-state index in [1.807, 2.05) is 0 Å². The minimum atomic E-state index is -1.25. The normalized spacial score (nSPS) is 10.1. The standard InChI is InChI=1S/C12H14FNO2/c1-2-3-6-14-8-9-4-5-10(12(15)16)11(13)7-9/h2,4-5,7,14H,1,3,6,8H2,(H,15,16). The van der Waals surface area contributed by atoms with Crippen molar-refractivity contribution in [3.8, 4) is 0 Å². The van der Waals surface area contributed by atoms with E-state index in [-0.39, 0.29) is 5.56 Å². The Labute approximate surface area is 93.6 Å². The van der Waals surface area contributed by atoms with Crippen LogP contribution in [0.1, 0.15) is 22.3 Å². The lowest BCUT2D eigenvalue weighted by atomic mass is 10.1. The van der Waals surface area contributed by atoms with Gasteiger partial charge in [0.1, 0.15) is 5.82 Å². The third kappa shape index (κ3) is 3.47. The molecule has 0 saturated heterocycles. The first-order valence-electron chi connectivity index (χ1n) is 4.98. The fourth-order valence-electron chi connectivity index (χ4n) is 1.28. The van der Waals surface area contributed by atoms with Gasteiger partial charge >= 0.3 is 5.97 Å². The van der Waals surface area contributed by atoms with Crippen LogP contribution in [-0.2, 0) is 6.54 Å². The number of aromatic carboxylic acids is 1. The molecule has 0 aliphatic heterocycles. The number of carbonyl (C=O) groups is 1. The van der Waals surface area contributed by atoms with Crippen LogP contribution in [0.3, 0.4) is 0 Å². The number of halogens is 1. The Morgan fingerprint density at radius 1 is 1.56 bits per heavy atom. The molecule has 0 saturated carbocycles. The Balaban J connectivity index is 2.59. The summed E-state index contributed by atoms with van der Waals surface area (Å²) in [5.41, 5.74) is 0.432. The summed E-state index contributed by atoms with van der Waals surface area (Å²) in [6.45, 7) is 4.87. The van der Waals surface area contributed by atoms with E-state index in [0.717, 1.165) is 18.5 Å². The van der Waals surface area contributed by atoms with E-state index in [1.54, 1.807) is 12.1 Å². The summed E-state index contributed by atoms with van der Waals surface area (Å²) in [4.78, 5) is 10.6. The van der Waals surface area contributed by atoms with Crippen LogP contribution in [0.25, 0.3) is 0 Å². The first-order valence-corrected chi connectivity index (χ1v) is 4.98. The zero-order valence-corrected chi connectivity index (χ0v) is 8.87. The van der Waals surface area contributed by atoms with Gasteiger partial charge in [-0.1, -0.05) is 12.1 Å². The number of carboxylic acid groups (broad SMARTS) is 1. The van der Waals surface area contributed by atoms with Gasteiger partial charge in [0.25, 0.3) is 0 Å². The second-order valence-electron chi connectivity index (χ2n) is 3.37. The van der Waals surface area contributed by atoms with E-state index in [4.69, 9.17) is 5.11 Å². The van der Waals surface area contributed by atoms with Crippen molar-refractivity contribution in [3.63, 3.8) is 0 Å². The monoisotopic (exact) mass is 223 g/mol. The van der Waals surface area contributed by atoms with Crippen LogP contribution in [0.5, 0.6) is 0 Å². The smallest absolute Gasteiger partial charge is 0.338 e. The lowest BCUT2D eigenvalue weighted by molar-refractivity contribution is 0.0692. The van der Waals surface area contributed by atoms with Crippen molar-refractivity contribution in [2.75, 3.05) is 6.54 Å². The average Bonchev–Trinajstić information content (AvgIpc) is 2.24. The molecule has 0 bridgehead atoms. The van der Waals surface area contributed by atoms with E-state index >= 15 is 0 Å². The Morgan fingerprint density at radius 3 is 2.88 bits per heavy atom. The molecule has 0 unspecified atom stereocenters. The molecule has 1 rings (SSSR count). The Kier molecular flexibility index (Phi) is 4.66. The van der Waals surface area contributed by atoms with Gasteiger partial charge in [0.2, 0.25) is 0 Å². The Bertz CT molecular complexity index is 391. The highest BCUT2D eigenvalue weighted by Crippen LogP contribution is 2.10. The van der Waals surface area contributed by atoms with Crippen molar-refractivity contribution >= 4 is 5.97 Å². The van der Waals surface area contributed by atoms with Crippen molar-refractivity contribution < 1.29 is 14.3 Å². The predicted molar refractivity (Wildman–Crippen MR) is 59.9 cm³/mol. The Morgan fingerprint density at radius 2 is 2.31 bits per heavy atom. The molecule has 1 aromatic carbocycles. The second kappa shape index (κ2) is 6.02. The third-order valence-corrected chi connectivity index (χ3v) is 2.12. The molecule has 0 fully saturated rings. The van der Waals surface area contributed by atoms with Gasteiger partial charge in [-0.15, -0.1) is 6.58 Å². The van der Waals surface area contributed by atoms with Crippen molar-refractivity contribution in [1.82, 2.24) is 5.32 Å². The van der Waals surface area contributed by atoms with Crippen LogP contribution in [0.2, 0.25) is 0 Å². The maximum absolute atomic E-state index is 13.3. The number of benzene rings is 1. The zero-order valence-electron chi connectivity index (χ0n) is 8.87. The quantitative estimate of drug-likeness (QED) is 0.574. The number of hydrogen-bond acceptors (Lipinski definition) is 2. The van der Waals surface area contributed by atoms with Crippen LogP contribution in [0, 0.1) is 5.82 Å². The predicted octanol–water partition coefficient (Wildman–Crippen LogP) is 2.19. The van der Waals surface area contributed by atoms with Crippen molar-refractivity contribution in [2.24, 2.45) is 0 Å². The first kappa shape index (κ1) is 12.4. The fraction of sp³-hybridized carbons (Fsp3) is 0.250. The maximum atomic E-state index is 13.3. The molecule has 0 amide bonds. The summed E-state index contributed by atoms with van der Waals surface area (Å²) in [7, 11) is 0. The molecule has 1 aromatic rings. The van der Waals surface area contributed by atoms with E-state index < -0.39 is 11.8 Å². The molecule has 0 heterocycles. The van der Waals surface area contributed by atoms with Crippen LogP contribution in [0.4, 0.5) is 4.39 Å². The number of carboxylic acids is 1. The van der Waals surface area contributed by atoms with Gasteiger partial charge in [-0.25, -0.2) is 9.18 Å². The molecule has 0 aliphatic carbocycles. The zero-order chi connectivity index (χ0) is 12.0. The van der Waals surface area contributed by atoms with Crippen LogP contribution < -0.4 is 5.32 Å². The van der Waals surface area contributed by atoms with Crippen molar-refractivity contribution in [3.05, 3.63) is 47.8 Å². The molecule has 16 heavy (non-hydrogen) atoms. The third-order valence-electron chi connectivity index (χ3n) is 2.12. The summed E-state index contributed by atoms with van der Waals surface area (Å²) < 4.78 is 13.3. The summed E-state index contributed by atoms with van der Waals surface area (Å²) in [5.74, 6) is -1.95. The number of hydrogen-bond donors (Lipinski definition) is 2. The second-order valence-corrected chi connectivity index (χ2v) is 3.37. The summed E-state index contributed by atoms with van der Waals surface area (Å²) in [6, 6.07) is 4.12. The largest absolute Gasteiger partial charge is 0.478 e. The highest BCUT2D eigenvalue weighted by atomic mass is 19.1. The van der Waals surface area contributed by atoms with E-state index in [1.165, 1.54) is 12.1 Å². The molecular formula is C12H14FNO2. The van der Waals surface area contributed by atoms with Gasteiger partial charge in [0, 0.05) is 6.54 Å². The van der Waals surface area contributed by atoms with E-state index in [9.17, 15) is 9.18 Å². The summed E-state index contributed by atoms with van der Waals surface area (Å²) in [5, 5.41) is 11.7. The summed E-state index contributed by atoms with van der Waals surface area (Å²) in [6.07, 6.45) is 2.64. The molecule has 3 nitrogen and oxygen atoms in total. The van der Waals surface area contributed by atoms with Crippen molar-refractivity contribution in [1.29, 1.82) is 0 Å². The minimum Gasteiger partial charge on any atom is -0.478 e. The van der Waals surface area contributed by atoms with Gasteiger partial charge < -0.3 is 10.4 Å². The first-order chi connectivity index (χ1) is 7.65. The molecule has 0 atom stereocenters. The van der Waals surface area contributed by atoms with Gasteiger partial charge in [-0.3, -0.25) is 0 Å². The number of nitrogens with one attached hydrogen (secondary N) is 1. The lowest BCUT2D eigenvalue weighted by Gasteiger charge is -2.04. The fourth-order valence-corrected chi connectivity index (χ4v) is 1.28. The molecule has 4 heteroatoms. The van der Waals surface area contributed by atoms with Crippen LogP contribution in [0.15, 0.2) is 30.9 Å². The topological polar surface area (TPSA) is 49.3 Å².